The molecule has 0 bridgehead atoms. The monoisotopic (exact) mass is 329 g/mol. The molecule has 1 amide bonds. The third-order valence-electron chi connectivity index (χ3n) is 4.43. The van der Waals surface area contributed by atoms with Gasteiger partial charge < -0.3 is 4.90 Å². The summed E-state index contributed by atoms with van der Waals surface area (Å²) in [5.74, 6) is 0.786. The molecule has 4 nitrogen and oxygen atoms in total. The highest BCUT2D eigenvalue weighted by Crippen LogP contribution is 2.23. The van der Waals surface area contributed by atoms with E-state index in [2.05, 4.69) is 16.0 Å². The Hall–Kier alpha value is -1.75. The van der Waals surface area contributed by atoms with E-state index < -0.39 is 0 Å². The van der Waals surface area contributed by atoms with Gasteiger partial charge in [-0.3, -0.25) is 9.78 Å². The number of nitrogens with zero attached hydrogens (tertiary/aromatic N) is 3. The van der Waals surface area contributed by atoms with E-state index in [9.17, 15) is 4.79 Å². The normalized spacial score (nSPS) is 18.2. The summed E-state index contributed by atoms with van der Waals surface area (Å²) in [6, 6.07) is 4.10. The molecule has 1 saturated heterocycles. The zero-order valence-electron chi connectivity index (χ0n) is 13.8. The van der Waals surface area contributed by atoms with Gasteiger partial charge in [-0.2, -0.15) is 0 Å². The van der Waals surface area contributed by atoms with Gasteiger partial charge >= 0.3 is 0 Å². The topological polar surface area (TPSA) is 46.1 Å². The van der Waals surface area contributed by atoms with Crippen molar-refractivity contribution in [3.63, 3.8) is 0 Å². The number of hydrogen-bond acceptors (Lipinski definition) is 4. The molecule has 23 heavy (non-hydrogen) atoms. The van der Waals surface area contributed by atoms with Gasteiger partial charge in [-0.25, -0.2) is 4.98 Å². The summed E-state index contributed by atoms with van der Waals surface area (Å²) in [5, 5.41) is 1.04. The molecule has 1 aliphatic heterocycles. The lowest BCUT2D eigenvalue weighted by Gasteiger charge is -2.33. The molecular formula is C18H23N3OS. The standard InChI is InChI=1S/C18H23N3OS/c1-13-17(23-14(2)20-13)10-18(22)21-8-4-6-16(12-21)9-15-5-3-7-19-11-15/h3,5,7,11,16H,4,6,8-10,12H2,1-2H3/t16-/m0/s1. The Morgan fingerprint density at radius 2 is 2.30 bits per heavy atom. The number of hydrogen-bond donors (Lipinski definition) is 0. The fourth-order valence-corrected chi connectivity index (χ4v) is 4.23. The zero-order chi connectivity index (χ0) is 16.2. The minimum Gasteiger partial charge on any atom is -0.342 e. The van der Waals surface area contributed by atoms with E-state index in [1.165, 1.54) is 12.0 Å². The van der Waals surface area contributed by atoms with E-state index in [0.717, 1.165) is 41.5 Å². The second kappa shape index (κ2) is 7.21. The average Bonchev–Trinajstić information content (AvgIpc) is 2.86. The van der Waals surface area contributed by atoms with Gasteiger partial charge in [0.2, 0.25) is 5.91 Å². The highest BCUT2D eigenvalue weighted by Gasteiger charge is 2.24. The quantitative estimate of drug-likeness (QED) is 0.865. The van der Waals surface area contributed by atoms with Crippen molar-refractivity contribution in [3.8, 4) is 0 Å². The fourth-order valence-electron chi connectivity index (χ4n) is 3.30. The molecule has 5 heteroatoms. The maximum atomic E-state index is 12.6. The van der Waals surface area contributed by atoms with Crippen LogP contribution in [0.4, 0.5) is 0 Å². The van der Waals surface area contributed by atoms with Gasteiger partial charge in [0.15, 0.2) is 0 Å². The molecule has 0 aromatic carbocycles. The third-order valence-corrected chi connectivity index (χ3v) is 5.50. The largest absolute Gasteiger partial charge is 0.342 e. The van der Waals surface area contributed by atoms with Crippen LogP contribution < -0.4 is 0 Å². The molecule has 122 valence electrons. The van der Waals surface area contributed by atoms with Crippen LogP contribution in [0.15, 0.2) is 24.5 Å². The molecule has 2 aromatic rings. The van der Waals surface area contributed by atoms with Gasteiger partial charge in [-0.15, -0.1) is 11.3 Å². The van der Waals surface area contributed by atoms with Gasteiger partial charge in [-0.1, -0.05) is 6.07 Å². The Morgan fingerprint density at radius 3 is 3.00 bits per heavy atom. The molecule has 1 atom stereocenters. The Labute approximate surface area is 141 Å². The Morgan fingerprint density at radius 1 is 1.43 bits per heavy atom. The number of aryl methyl sites for hydroxylation is 2. The van der Waals surface area contributed by atoms with E-state index in [1.807, 2.05) is 31.0 Å². The summed E-state index contributed by atoms with van der Waals surface area (Å²) in [5.41, 5.74) is 2.27. The number of aromatic nitrogens is 2. The molecule has 0 radical (unpaired) electrons. The lowest BCUT2D eigenvalue weighted by Crippen LogP contribution is -2.41. The number of thiazole rings is 1. The minimum absolute atomic E-state index is 0.243. The first-order valence-corrected chi connectivity index (χ1v) is 9.03. The molecule has 3 heterocycles. The molecule has 0 aliphatic carbocycles. The summed E-state index contributed by atoms with van der Waals surface area (Å²) in [7, 11) is 0. The van der Waals surface area contributed by atoms with Gasteiger partial charge in [0, 0.05) is 30.4 Å². The average molecular weight is 329 g/mol. The molecule has 3 rings (SSSR count). The number of piperidine rings is 1. The van der Waals surface area contributed by atoms with E-state index >= 15 is 0 Å². The number of rotatable bonds is 4. The number of carbonyl (C=O) groups excluding carboxylic acids is 1. The second-order valence-corrected chi connectivity index (χ2v) is 7.62. The Balaban J connectivity index is 1.59. The van der Waals surface area contributed by atoms with Crippen molar-refractivity contribution in [1.29, 1.82) is 0 Å². The zero-order valence-corrected chi connectivity index (χ0v) is 14.6. The SMILES string of the molecule is Cc1nc(C)c(CC(=O)N2CCC[C@@H](Cc3cccnc3)C2)s1. The van der Waals surface area contributed by atoms with E-state index in [0.29, 0.717) is 12.3 Å². The van der Waals surface area contributed by atoms with Crippen LogP contribution in [0, 0.1) is 19.8 Å². The van der Waals surface area contributed by atoms with E-state index in [4.69, 9.17) is 0 Å². The predicted octanol–water partition coefficient (Wildman–Crippen LogP) is 3.18. The molecule has 0 unspecified atom stereocenters. The maximum Gasteiger partial charge on any atom is 0.227 e. The number of amides is 1. The highest BCUT2D eigenvalue weighted by molar-refractivity contribution is 7.11. The molecular weight excluding hydrogens is 306 g/mol. The molecule has 0 saturated carbocycles. The number of likely N-dealkylation sites (tertiary alicyclic amines) is 1. The van der Waals surface area contributed by atoms with Crippen molar-refractivity contribution in [2.45, 2.75) is 39.5 Å². The van der Waals surface area contributed by atoms with Crippen LogP contribution in [0.25, 0.3) is 0 Å². The summed E-state index contributed by atoms with van der Waals surface area (Å²) < 4.78 is 0. The summed E-state index contributed by atoms with van der Waals surface area (Å²) >= 11 is 1.64. The highest BCUT2D eigenvalue weighted by atomic mass is 32.1. The Kier molecular flexibility index (Phi) is 5.06. The Bertz CT molecular complexity index is 668. The number of carbonyl (C=O) groups is 1. The first-order chi connectivity index (χ1) is 11.1. The fraction of sp³-hybridized carbons (Fsp3) is 0.500. The molecule has 0 N–H and O–H groups in total. The van der Waals surface area contributed by atoms with Crippen LogP contribution in [0.1, 0.15) is 34.0 Å². The van der Waals surface area contributed by atoms with Crippen molar-refractivity contribution in [2.24, 2.45) is 5.92 Å². The first-order valence-electron chi connectivity index (χ1n) is 8.21. The van der Waals surface area contributed by atoms with Crippen LogP contribution in [0.2, 0.25) is 0 Å². The van der Waals surface area contributed by atoms with Crippen LogP contribution >= 0.6 is 11.3 Å². The summed E-state index contributed by atoms with van der Waals surface area (Å²) in [6.07, 6.45) is 7.53. The van der Waals surface area contributed by atoms with Gasteiger partial charge in [0.05, 0.1) is 17.1 Å². The molecule has 1 aliphatic rings. The van der Waals surface area contributed by atoms with E-state index in [1.54, 1.807) is 17.5 Å². The van der Waals surface area contributed by atoms with Crippen LogP contribution in [0.5, 0.6) is 0 Å². The molecule has 1 fully saturated rings. The summed E-state index contributed by atoms with van der Waals surface area (Å²) in [4.78, 5) is 24.4. The van der Waals surface area contributed by atoms with Crippen molar-refractivity contribution >= 4 is 17.2 Å². The van der Waals surface area contributed by atoms with Crippen LogP contribution in [-0.4, -0.2) is 33.9 Å². The number of pyridine rings is 1. The predicted molar refractivity (Wildman–Crippen MR) is 92.5 cm³/mol. The van der Waals surface area contributed by atoms with Gasteiger partial charge in [0.1, 0.15) is 0 Å². The summed E-state index contributed by atoms with van der Waals surface area (Å²) in [6.45, 7) is 5.74. The maximum absolute atomic E-state index is 12.6. The second-order valence-electron chi connectivity index (χ2n) is 6.33. The van der Waals surface area contributed by atoms with Crippen molar-refractivity contribution in [2.75, 3.05) is 13.1 Å². The van der Waals surface area contributed by atoms with Crippen molar-refractivity contribution < 1.29 is 4.79 Å². The van der Waals surface area contributed by atoms with Crippen LogP contribution in [0.3, 0.4) is 0 Å². The van der Waals surface area contributed by atoms with Crippen molar-refractivity contribution in [1.82, 2.24) is 14.9 Å². The van der Waals surface area contributed by atoms with Crippen molar-refractivity contribution in [3.05, 3.63) is 45.7 Å². The van der Waals surface area contributed by atoms with E-state index in [-0.39, 0.29) is 5.91 Å². The van der Waals surface area contributed by atoms with Gasteiger partial charge in [-0.05, 0) is 50.7 Å². The lowest BCUT2D eigenvalue weighted by atomic mass is 9.91. The molecule has 2 aromatic heterocycles. The minimum atomic E-state index is 0.243. The lowest BCUT2D eigenvalue weighted by molar-refractivity contribution is -0.132. The van der Waals surface area contributed by atoms with Crippen LogP contribution in [-0.2, 0) is 17.6 Å². The molecule has 0 spiro atoms. The third kappa shape index (κ3) is 4.16. The van der Waals surface area contributed by atoms with Gasteiger partial charge in [0.25, 0.3) is 0 Å². The first kappa shape index (κ1) is 16.1. The smallest absolute Gasteiger partial charge is 0.227 e.